The summed E-state index contributed by atoms with van der Waals surface area (Å²) in [6.07, 6.45) is 1.93. The number of para-hydroxylation sites is 1. The van der Waals surface area contributed by atoms with E-state index < -0.39 is 16.1 Å². The molecule has 4 aromatic rings. The first-order valence-electron chi connectivity index (χ1n) is 12.2. The van der Waals surface area contributed by atoms with E-state index in [2.05, 4.69) is 6.92 Å². The van der Waals surface area contributed by atoms with Gasteiger partial charge in [0, 0.05) is 5.25 Å². The van der Waals surface area contributed by atoms with Crippen LogP contribution < -0.4 is 0 Å². The van der Waals surface area contributed by atoms with E-state index in [1.807, 2.05) is 116 Å². The van der Waals surface area contributed by atoms with Crippen molar-refractivity contribution >= 4 is 38.6 Å². The van der Waals surface area contributed by atoms with Crippen molar-refractivity contribution in [3.05, 3.63) is 138 Å². The van der Waals surface area contributed by atoms with Gasteiger partial charge in [0.05, 0.1) is 22.3 Å². The lowest BCUT2D eigenvalue weighted by Crippen LogP contribution is -2.44. The molecule has 0 N–H and O–H groups in total. The highest BCUT2D eigenvalue weighted by Crippen LogP contribution is 2.46. The van der Waals surface area contributed by atoms with E-state index in [4.69, 9.17) is 4.99 Å². The number of hydrogen-bond donors (Lipinski definition) is 0. The summed E-state index contributed by atoms with van der Waals surface area (Å²) in [5, 5.41) is 0.587. The van der Waals surface area contributed by atoms with E-state index >= 15 is 0 Å². The first kappa shape index (κ1) is 25.1. The van der Waals surface area contributed by atoms with Crippen molar-refractivity contribution in [1.82, 2.24) is 4.31 Å². The summed E-state index contributed by atoms with van der Waals surface area (Å²) in [4.78, 5) is 5.21. The molecule has 1 aliphatic rings. The Morgan fingerprint density at radius 2 is 1.35 bits per heavy atom. The molecule has 1 fully saturated rings. The fourth-order valence-corrected chi connectivity index (χ4v) is 7.47. The number of rotatable bonds is 5. The minimum absolute atomic E-state index is 0.0852. The number of hydrogen-bond acceptors (Lipinski definition) is 4. The molecule has 0 aromatic heterocycles. The Labute approximate surface area is 223 Å². The van der Waals surface area contributed by atoms with Gasteiger partial charge in [-0.2, -0.15) is 0 Å². The second-order valence-electron chi connectivity index (χ2n) is 8.99. The molecule has 6 heteroatoms. The average molecular weight is 525 g/mol. The number of sulfonamides is 1. The Bertz CT molecular complexity index is 1520. The highest BCUT2D eigenvalue weighted by Gasteiger charge is 2.43. The molecule has 4 aromatic carbocycles. The summed E-state index contributed by atoms with van der Waals surface area (Å²) in [6, 6.07) is 36.0. The molecule has 2 unspecified atom stereocenters. The minimum Gasteiger partial charge on any atom is -0.255 e. The van der Waals surface area contributed by atoms with Gasteiger partial charge in [0.1, 0.15) is 5.04 Å². The Morgan fingerprint density at radius 3 is 1.97 bits per heavy atom. The molecule has 186 valence electrons. The van der Waals surface area contributed by atoms with Crippen molar-refractivity contribution < 1.29 is 8.42 Å². The number of thioether (sulfide) groups is 1. The quantitative estimate of drug-likeness (QED) is 0.270. The predicted octanol–water partition coefficient (Wildman–Crippen LogP) is 7.63. The normalized spacial score (nSPS) is 20.3. The smallest absolute Gasteiger partial charge is 0.255 e. The molecule has 2 atom stereocenters. The van der Waals surface area contributed by atoms with E-state index in [9.17, 15) is 8.42 Å². The summed E-state index contributed by atoms with van der Waals surface area (Å²) < 4.78 is 30.5. The van der Waals surface area contributed by atoms with Crippen LogP contribution in [0.3, 0.4) is 0 Å². The zero-order chi connectivity index (χ0) is 25.8. The molecule has 0 spiro atoms. The van der Waals surface area contributed by atoms with Crippen molar-refractivity contribution in [2.24, 2.45) is 4.99 Å². The molecule has 0 radical (unpaired) electrons. The zero-order valence-electron chi connectivity index (χ0n) is 20.7. The van der Waals surface area contributed by atoms with Gasteiger partial charge >= 0.3 is 0 Å². The maximum Gasteiger partial charge on any atom is 0.265 e. The third-order valence-electron chi connectivity index (χ3n) is 6.26. The monoisotopic (exact) mass is 524 g/mol. The Morgan fingerprint density at radius 1 is 0.784 bits per heavy atom. The first-order chi connectivity index (χ1) is 17.9. The lowest BCUT2D eigenvalue weighted by Gasteiger charge is -2.42. The maximum absolute atomic E-state index is 14.4. The van der Waals surface area contributed by atoms with Gasteiger partial charge in [-0.1, -0.05) is 115 Å². The van der Waals surface area contributed by atoms with Crippen LogP contribution in [0.4, 0.5) is 5.69 Å². The van der Waals surface area contributed by atoms with Gasteiger partial charge in [0.2, 0.25) is 0 Å². The fourth-order valence-electron chi connectivity index (χ4n) is 4.43. The van der Waals surface area contributed by atoms with Crippen molar-refractivity contribution in [2.45, 2.75) is 30.0 Å². The highest BCUT2D eigenvalue weighted by molar-refractivity contribution is 8.15. The summed E-state index contributed by atoms with van der Waals surface area (Å²) >= 11 is 1.60. The zero-order valence-corrected chi connectivity index (χ0v) is 22.4. The first-order valence-corrected chi connectivity index (χ1v) is 14.5. The van der Waals surface area contributed by atoms with E-state index in [0.29, 0.717) is 10.7 Å². The molecule has 1 saturated heterocycles. The standard InChI is InChI=1S/C31H28N2O2S2/c1-23-18-20-28(21-19-23)37(34,35)33-29(22-25-12-6-3-7-13-25)31(32-27-16-10-5-11-17-27)36-24(2)30(33)26-14-8-4-9-15-26/h3-22,24,30H,1-2H3/b29-22-,32-31?. The van der Waals surface area contributed by atoms with Gasteiger partial charge < -0.3 is 0 Å². The van der Waals surface area contributed by atoms with Crippen molar-refractivity contribution in [2.75, 3.05) is 0 Å². The summed E-state index contributed by atoms with van der Waals surface area (Å²) in [5.74, 6) is 0. The van der Waals surface area contributed by atoms with Crippen molar-refractivity contribution in [1.29, 1.82) is 0 Å². The van der Waals surface area contributed by atoms with Crippen LogP contribution in [-0.4, -0.2) is 23.0 Å². The van der Waals surface area contributed by atoms with Gasteiger partial charge in [0.15, 0.2) is 0 Å². The van der Waals surface area contributed by atoms with Crippen molar-refractivity contribution in [3.8, 4) is 0 Å². The van der Waals surface area contributed by atoms with Gasteiger partial charge in [-0.05, 0) is 48.4 Å². The van der Waals surface area contributed by atoms with E-state index in [1.165, 1.54) is 0 Å². The number of aryl methyl sites for hydroxylation is 1. The molecule has 0 amide bonds. The largest absolute Gasteiger partial charge is 0.265 e. The minimum atomic E-state index is -3.93. The molecule has 1 heterocycles. The molecule has 1 aliphatic heterocycles. The van der Waals surface area contributed by atoms with Crippen LogP contribution in [0.5, 0.6) is 0 Å². The fraction of sp³-hybridized carbons (Fsp3) is 0.129. The molecular weight excluding hydrogens is 496 g/mol. The van der Waals surface area contributed by atoms with E-state index in [1.54, 1.807) is 28.2 Å². The second-order valence-corrected chi connectivity index (χ2v) is 12.2. The second kappa shape index (κ2) is 10.8. The molecule has 0 bridgehead atoms. The number of benzene rings is 4. The SMILES string of the molecule is Cc1ccc(S(=O)(=O)N2/C(=C\c3ccccc3)C(=Nc3ccccc3)SC(C)C2c2ccccc2)cc1. The van der Waals surface area contributed by atoms with Crippen LogP contribution in [0.1, 0.15) is 29.7 Å². The Hall–Kier alpha value is -3.61. The predicted molar refractivity (Wildman–Crippen MR) is 154 cm³/mol. The van der Waals surface area contributed by atoms with Crippen LogP contribution in [-0.2, 0) is 10.0 Å². The Kier molecular flexibility index (Phi) is 7.31. The van der Waals surface area contributed by atoms with Crippen LogP contribution in [0.15, 0.2) is 131 Å². The molecule has 4 nitrogen and oxygen atoms in total. The summed E-state index contributed by atoms with van der Waals surface area (Å²) in [6.45, 7) is 4.02. The van der Waals surface area contributed by atoms with E-state index in [-0.39, 0.29) is 10.1 Å². The average Bonchev–Trinajstić information content (AvgIpc) is 2.91. The third kappa shape index (κ3) is 5.41. The third-order valence-corrected chi connectivity index (χ3v) is 9.22. The van der Waals surface area contributed by atoms with E-state index in [0.717, 1.165) is 22.4 Å². The van der Waals surface area contributed by atoms with Crippen LogP contribution >= 0.6 is 11.8 Å². The summed E-state index contributed by atoms with van der Waals surface area (Å²) in [7, 11) is -3.93. The van der Waals surface area contributed by atoms with Crippen LogP contribution in [0.25, 0.3) is 6.08 Å². The van der Waals surface area contributed by atoms with Gasteiger partial charge in [0.25, 0.3) is 10.0 Å². The maximum atomic E-state index is 14.4. The topological polar surface area (TPSA) is 49.7 Å². The molecule has 0 aliphatic carbocycles. The van der Waals surface area contributed by atoms with Crippen LogP contribution in [0.2, 0.25) is 0 Å². The molecule has 37 heavy (non-hydrogen) atoms. The number of aliphatic imine (C=N–C) groups is 1. The highest BCUT2D eigenvalue weighted by atomic mass is 32.2. The molecule has 5 rings (SSSR count). The lowest BCUT2D eigenvalue weighted by molar-refractivity contribution is 0.391. The van der Waals surface area contributed by atoms with Gasteiger partial charge in [-0.25, -0.2) is 13.4 Å². The van der Waals surface area contributed by atoms with Crippen LogP contribution in [0, 0.1) is 6.92 Å². The molecule has 0 saturated carbocycles. The van der Waals surface area contributed by atoms with Gasteiger partial charge in [-0.3, -0.25) is 4.31 Å². The number of nitrogens with zero attached hydrogens (tertiary/aromatic N) is 2. The molecular formula is C31H28N2O2S2. The Balaban J connectivity index is 1.77. The summed E-state index contributed by atoms with van der Waals surface area (Å²) in [5.41, 5.74) is 4.20. The lowest BCUT2D eigenvalue weighted by atomic mass is 10.0. The van der Waals surface area contributed by atoms with Gasteiger partial charge in [-0.15, -0.1) is 0 Å². The van der Waals surface area contributed by atoms with Crippen molar-refractivity contribution in [3.63, 3.8) is 0 Å².